The second-order valence-corrected chi connectivity index (χ2v) is 5.81. The molecule has 0 bridgehead atoms. The van der Waals surface area contributed by atoms with Crippen LogP contribution in [0.4, 0.5) is 5.69 Å². The van der Waals surface area contributed by atoms with E-state index in [2.05, 4.69) is 25.1 Å². The molecule has 0 aromatic heterocycles. The third-order valence-corrected chi connectivity index (χ3v) is 3.90. The van der Waals surface area contributed by atoms with Gasteiger partial charge in [-0.2, -0.15) is 11.8 Å². The first-order valence-electron chi connectivity index (χ1n) is 5.77. The van der Waals surface area contributed by atoms with Gasteiger partial charge < -0.3 is 5.73 Å². The Bertz CT molecular complexity index is 357. The maximum Gasteiger partial charge on any atom is 0.0410 e. The van der Waals surface area contributed by atoms with Crippen molar-refractivity contribution in [1.29, 1.82) is 0 Å². The highest BCUT2D eigenvalue weighted by molar-refractivity contribution is 7.98. The number of hydrogen-bond acceptors (Lipinski definition) is 3. The van der Waals surface area contributed by atoms with Gasteiger partial charge in [0, 0.05) is 23.3 Å². The lowest BCUT2D eigenvalue weighted by molar-refractivity contribution is 0.245. The van der Waals surface area contributed by atoms with Crippen molar-refractivity contribution in [2.24, 2.45) is 0 Å². The number of nitrogens with two attached hydrogens (primary N) is 1. The van der Waals surface area contributed by atoms with E-state index < -0.39 is 0 Å². The number of nitrogens with zero attached hydrogens (tertiary/aromatic N) is 1. The minimum Gasteiger partial charge on any atom is -0.398 e. The molecule has 0 radical (unpaired) electrons. The van der Waals surface area contributed by atoms with Crippen molar-refractivity contribution in [3.05, 3.63) is 28.8 Å². The molecule has 1 rings (SSSR count). The summed E-state index contributed by atoms with van der Waals surface area (Å²) < 4.78 is 0. The van der Waals surface area contributed by atoms with Crippen LogP contribution in [-0.4, -0.2) is 30.0 Å². The van der Waals surface area contributed by atoms with Gasteiger partial charge in [0.15, 0.2) is 0 Å². The molecule has 0 amide bonds. The van der Waals surface area contributed by atoms with Crippen LogP contribution in [0.25, 0.3) is 0 Å². The van der Waals surface area contributed by atoms with Crippen molar-refractivity contribution in [1.82, 2.24) is 4.90 Å². The van der Waals surface area contributed by atoms with Crippen molar-refractivity contribution in [2.45, 2.75) is 25.9 Å². The summed E-state index contributed by atoms with van der Waals surface area (Å²) in [7, 11) is 2.13. The fraction of sp³-hybridized carbons (Fsp3) is 0.538. The number of halogens is 1. The van der Waals surface area contributed by atoms with E-state index in [4.69, 9.17) is 17.3 Å². The lowest BCUT2D eigenvalue weighted by Crippen LogP contribution is -2.29. The zero-order valence-electron chi connectivity index (χ0n) is 10.7. The van der Waals surface area contributed by atoms with Gasteiger partial charge in [-0.25, -0.2) is 0 Å². The van der Waals surface area contributed by atoms with Crippen molar-refractivity contribution in [3.8, 4) is 0 Å². The predicted molar refractivity (Wildman–Crippen MR) is 79.8 cm³/mol. The quantitative estimate of drug-likeness (QED) is 0.804. The van der Waals surface area contributed by atoms with E-state index in [1.807, 2.05) is 30.0 Å². The number of benzene rings is 1. The van der Waals surface area contributed by atoms with Crippen molar-refractivity contribution in [2.75, 3.05) is 24.8 Å². The van der Waals surface area contributed by atoms with E-state index in [1.54, 1.807) is 0 Å². The molecule has 1 aromatic rings. The van der Waals surface area contributed by atoms with Crippen LogP contribution in [0.1, 0.15) is 18.9 Å². The van der Waals surface area contributed by atoms with E-state index in [-0.39, 0.29) is 0 Å². The normalized spacial score (nSPS) is 13.0. The first kappa shape index (κ1) is 14.7. The van der Waals surface area contributed by atoms with Crippen LogP contribution in [0.3, 0.4) is 0 Å². The zero-order valence-corrected chi connectivity index (χ0v) is 12.3. The lowest BCUT2D eigenvalue weighted by atomic mass is 10.1. The Kier molecular flexibility index (Phi) is 6.17. The standard InChI is InChI=1S/C13H21ClN2S/c1-10(6-7-17-3)16(2)9-11-8-12(14)4-5-13(11)15/h4-5,8,10H,6-7,9,15H2,1-3H3. The Balaban J connectivity index is 2.60. The minimum absolute atomic E-state index is 0.556. The molecule has 2 N–H and O–H groups in total. The number of nitrogen functional groups attached to an aromatic ring is 1. The molecule has 0 heterocycles. The molecule has 96 valence electrons. The van der Waals surface area contributed by atoms with Crippen molar-refractivity contribution >= 4 is 29.1 Å². The third kappa shape index (κ3) is 4.78. The van der Waals surface area contributed by atoms with Crippen LogP contribution in [0.15, 0.2) is 18.2 Å². The molecule has 1 atom stereocenters. The molecule has 1 aromatic carbocycles. The monoisotopic (exact) mass is 272 g/mol. The topological polar surface area (TPSA) is 29.3 Å². The molecule has 17 heavy (non-hydrogen) atoms. The molecule has 0 fully saturated rings. The van der Waals surface area contributed by atoms with Crippen LogP contribution in [0.5, 0.6) is 0 Å². The van der Waals surface area contributed by atoms with Gasteiger partial charge >= 0.3 is 0 Å². The first-order valence-corrected chi connectivity index (χ1v) is 7.55. The molecule has 0 aliphatic carbocycles. The van der Waals surface area contributed by atoms with Gasteiger partial charge in [-0.05, 0) is 56.2 Å². The fourth-order valence-corrected chi connectivity index (χ4v) is 2.42. The summed E-state index contributed by atoms with van der Waals surface area (Å²) in [6, 6.07) is 6.21. The van der Waals surface area contributed by atoms with E-state index in [9.17, 15) is 0 Å². The first-order chi connectivity index (χ1) is 8.04. The van der Waals surface area contributed by atoms with E-state index in [0.29, 0.717) is 6.04 Å². The van der Waals surface area contributed by atoms with Gasteiger partial charge in [-0.1, -0.05) is 11.6 Å². The average Bonchev–Trinajstić information content (AvgIpc) is 2.30. The van der Waals surface area contributed by atoms with E-state index >= 15 is 0 Å². The molecule has 0 aliphatic rings. The predicted octanol–water partition coefficient (Wildman–Crippen LogP) is 3.50. The summed E-state index contributed by atoms with van der Waals surface area (Å²) in [4.78, 5) is 2.32. The largest absolute Gasteiger partial charge is 0.398 e. The fourth-order valence-electron chi connectivity index (χ4n) is 1.64. The smallest absolute Gasteiger partial charge is 0.0410 e. The van der Waals surface area contributed by atoms with Gasteiger partial charge in [0.1, 0.15) is 0 Å². The van der Waals surface area contributed by atoms with Gasteiger partial charge in [-0.3, -0.25) is 4.90 Å². The van der Waals surface area contributed by atoms with Crippen molar-refractivity contribution < 1.29 is 0 Å². The Morgan fingerprint density at radius 2 is 2.18 bits per heavy atom. The molecule has 0 aliphatic heterocycles. The van der Waals surface area contributed by atoms with E-state index in [0.717, 1.165) is 22.8 Å². The van der Waals surface area contributed by atoms with Crippen LogP contribution in [0, 0.1) is 0 Å². The lowest BCUT2D eigenvalue weighted by Gasteiger charge is -2.25. The van der Waals surface area contributed by atoms with Crippen LogP contribution >= 0.6 is 23.4 Å². The van der Waals surface area contributed by atoms with Gasteiger partial charge in [0.2, 0.25) is 0 Å². The Labute approximate surface area is 114 Å². The molecule has 0 saturated heterocycles. The Morgan fingerprint density at radius 1 is 1.47 bits per heavy atom. The summed E-state index contributed by atoms with van der Waals surface area (Å²) in [6.45, 7) is 3.10. The Hall–Kier alpha value is -0.380. The van der Waals surface area contributed by atoms with Crippen LogP contribution in [0.2, 0.25) is 5.02 Å². The summed E-state index contributed by atoms with van der Waals surface area (Å²) in [5, 5.41) is 0.749. The van der Waals surface area contributed by atoms with Crippen LogP contribution in [-0.2, 0) is 6.54 Å². The number of thioether (sulfide) groups is 1. The van der Waals surface area contributed by atoms with Crippen molar-refractivity contribution in [3.63, 3.8) is 0 Å². The molecule has 0 saturated carbocycles. The maximum absolute atomic E-state index is 5.99. The molecular weight excluding hydrogens is 252 g/mol. The second-order valence-electron chi connectivity index (χ2n) is 4.39. The number of anilines is 1. The molecule has 4 heteroatoms. The van der Waals surface area contributed by atoms with Gasteiger partial charge in [0.05, 0.1) is 0 Å². The average molecular weight is 273 g/mol. The number of hydrogen-bond donors (Lipinski definition) is 1. The van der Waals surface area contributed by atoms with Crippen LogP contribution < -0.4 is 5.73 Å². The molecule has 0 spiro atoms. The third-order valence-electron chi connectivity index (χ3n) is 3.02. The highest BCUT2D eigenvalue weighted by Gasteiger charge is 2.11. The maximum atomic E-state index is 5.99. The highest BCUT2D eigenvalue weighted by atomic mass is 35.5. The summed E-state index contributed by atoms with van der Waals surface area (Å²) >= 11 is 7.87. The zero-order chi connectivity index (χ0) is 12.8. The van der Waals surface area contributed by atoms with Gasteiger partial charge in [0.25, 0.3) is 0 Å². The molecular formula is C13H21ClN2S. The molecule has 1 unspecified atom stereocenters. The Morgan fingerprint density at radius 3 is 2.82 bits per heavy atom. The molecule has 2 nitrogen and oxygen atoms in total. The van der Waals surface area contributed by atoms with Gasteiger partial charge in [-0.15, -0.1) is 0 Å². The summed E-state index contributed by atoms with van der Waals surface area (Å²) in [6.07, 6.45) is 3.33. The second kappa shape index (κ2) is 7.14. The SMILES string of the molecule is CSCCC(C)N(C)Cc1cc(Cl)ccc1N. The van der Waals surface area contributed by atoms with E-state index in [1.165, 1.54) is 12.2 Å². The summed E-state index contributed by atoms with van der Waals surface area (Å²) in [5.41, 5.74) is 7.87. The highest BCUT2D eigenvalue weighted by Crippen LogP contribution is 2.20. The minimum atomic E-state index is 0.556. The summed E-state index contributed by atoms with van der Waals surface area (Å²) in [5.74, 6) is 1.19. The number of rotatable bonds is 6.